The standard InChI is InChI=1S/C14H19FN2O2/c1-19-7-6-14(4-5-14)9-17-13(18)11-8-10(16)2-3-12(11)15/h2-3,8H,4-7,9,16H2,1H3,(H,17,18). The van der Waals surface area contributed by atoms with Crippen molar-refractivity contribution in [3.63, 3.8) is 0 Å². The summed E-state index contributed by atoms with van der Waals surface area (Å²) >= 11 is 0. The van der Waals surface area contributed by atoms with Gasteiger partial charge < -0.3 is 15.8 Å². The van der Waals surface area contributed by atoms with Crippen molar-refractivity contribution in [2.45, 2.75) is 19.3 Å². The molecule has 0 unspecified atom stereocenters. The van der Waals surface area contributed by atoms with E-state index < -0.39 is 11.7 Å². The van der Waals surface area contributed by atoms with Crippen molar-refractivity contribution in [2.75, 3.05) is 26.0 Å². The van der Waals surface area contributed by atoms with Crippen LogP contribution in [0.15, 0.2) is 18.2 Å². The van der Waals surface area contributed by atoms with Crippen LogP contribution in [-0.2, 0) is 4.74 Å². The highest BCUT2D eigenvalue weighted by atomic mass is 19.1. The van der Waals surface area contributed by atoms with E-state index in [0.29, 0.717) is 18.8 Å². The van der Waals surface area contributed by atoms with Gasteiger partial charge in [0, 0.05) is 25.9 Å². The molecule has 0 spiro atoms. The third-order valence-corrected chi connectivity index (χ3v) is 3.65. The molecule has 1 aromatic rings. The van der Waals surface area contributed by atoms with Crippen molar-refractivity contribution < 1.29 is 13.9 Å². The number of benzene rings is 1. The van der Waals surface area contributed by atoms with Crippen molar-refractivity contribution in [1.82, 2.24) is 5.32 Å². The van der Waals surface area contributed by atoms with Crippen LogP contribution in [0.5, 0.6) is 0 Å². The molecule has 104 valence electrons. The molecule has 0 bridgehead atoms. The van der Waals surface area contributed by atoms with Gasteiger partial charge in [-0.25, -0.2) is 4.39 Å². The van der Waals surface area contributed by atoms with Crippen LogP contribution in [0.3, 0.4) is 0 Å². The van der Waals surface area contributed by atoms with E-state index in [1.54, 1.807) is 7.11 Å². The van der Waals surface area contributed by atoms with E-state index in [2.05, 4.69) is 5.32 Å². The topological polar surface area (TPSA) is 64.3 Å². The third-order valence-electron chi connectivity index (χ3n) is 3.65. The predicted octanol–water partition coefficient (Wildman–Crippen LogP) is 1.95. The number of rotatable bonds is 6. The second kappa shape index (κ2) is 5.57. The van der Waals surface area contributed by atoms with E-state index in [9.17, 15) is 9.18 Å². The molecule has 0 radical (unpaired) electrons. The van der Waals surface area contributed by atoms with Crippen LogP contribution in [0.1, 0.15) is 29.6 Å². The van der Waals surface area contributed by atoms with E-state index >= 15 is 0 Å². The van der Waals surface area contributed by atoms with Gasteiger partial charge in [0.1, 0.15) is 5.82 Å². The van der Waals surface area contributed by atoms with E-state index in [4.69, 9.17) is 10.5 Å². The van der Waals surface area contributed by atoms with Gasteiger partial charge in [-0.05, 0) is 42.9 Å². The van der Waals surface area contributed by atoms with Crippen LogP contribution in [0.4, 0.5) is 10.1 Å². The lowest BCUT2D eigenvalue weighted by Crippen LogP contribution is -2.31. The number of anilines is 1. The molecule has 1 aromatic carbocycles. The molecule has 0 heterocycles. The number of halogens is 1. The Morgan fingerprint density at radius 3 is 2.89 bits per heavy atom. The third kappa shape index (κ3) is 3.44. The summed E-state index contributed by atoms with van der Waals surface area (Å²) in [5.41, 5.74) is 6.09. The molecular weight excluding hydrogens is 247 g/mol. The van der Waals surface area contributed by atoms with Crippen molar-refractivity contribution in [1.29, 1.82) is 0 Å². The van der Waals surface area contributed by atoms with E-state index in [1.165, 1.54) is 18.2 Å². The summed E-state index contributed by atoms with van der Waals surface area (Å²) in [5.74, 6) is -0.957. The van der Waals surface area contributed by atoms with Crippen molar-refractivity contribution >= 4 is 11.6 Å². The highest BCUT2D eigenvalue weighted by Gasteiger charge is 2.42. The summed E-state index contributed by atoms with van der Waals surface area (Å²) in [7, 11) is 1.66. The molecule has 0 aliphatic heterocycles. The number of carbonyl (C=O) groups is 1. The monoisotopic (exact) mass is 266 g/mol. The fraction of sp³-hybridized carbons (Fsp3) is 0.500. The second-order valence-electron chi connectivity index (χ2n) is 5.16. The molecule has 0 saturated heterocycles. The Morgan fingerprint density at radius 2 is 2.26 bits per heavy atom. The lowest BCUT2D eigenvalue weighted by Gasteiger charge is -2.15. The molecule has 4 nitrogen and oxygen atoms in total. The van der Waals surface area contributed by atoms with Gasteiger partial charge in [-0.2, -0.15) is 0 Å². The zero-order valence-corrected chi connectivity index (χ0v) is 11.0. The molecule has 1 saturated carbocycles. The second-order valence-corrected chi connectivity index (χ2v) is 5.16. The molecule has 1 aliphatic rings. The Labute approximate surface area is 112 Å². The average Bonchev–Trinajstić information content (AvgIpc) is 3.17. The number of ether oxygens (including phenoxy) is 1. The zero-order valence-electron chi connectivity index (χ0n) is 11.0. The fourth-order valence-corrected chi connectivity index (χ4v) is 2.09. The minimum Gasteiger partial charge on any atom is -0.399 e. The van der Waals surface area contributed by atoms with Crippen molar-refractivity contribution in [2.24, 2.45) is 5.41 Å². The summed E-state index contributed by atoms with van der Waals surface area (Å²) in [6.07, 6.45) is 3.08. The molecule has 1 aliphatic carbocycles. The lowest BCUT2D eigenvalue weighted by atomic mass is 10.0. The van der Waals surface area contributed by atoms with Crippen LogP contribution in [0.25, 0.3) is 0 Å². The maximum absolute atomic E-state index is 13.5. The number of methoxy groups -OCH3 is 1. The van der Waals surface area contributed by atoms with Crippen molar-refractivity contribution in [3.8, 4) is 0 Å². The highest BCUT2D eigenvalue weighted by molar-refractivity contribution is 5.95. The Morgan fingerprint density at radius 1 is 1.53 bits per heavy atom. The molecule has 3 N–H and O–H groups in total. The Kier molecular flexibility index (Phi) is 4.04. The fourth-order valence-electron chi connectivity index (χ4n) is 2.09. The molecule has 5 heteroatoms. The zero-order chi connectivity index (χ0) is 13.9. The minimum atomic E-state index is -0.548. The SMILES string of the molecule is COCCC1(CNC(=O)c2cc(N)ccc2F)CC1. The van der Waals surface area contributed by atoms with Gasteiger partial charge in [-0.3, -0.25) is 4.79 Å². The minimum absolute atomic E-state index is 0.00235. The molecular formula is C14H19FN2O2. The van der Waals surface area contributed by atoms with E-state index in [-0.39, 0.29) is 11.0 Å². The van der Waals surface area contributed by atoms with Gasteiger partial charge in [0.25, 0.3) is 5.91 Å². The quantitative estimate of drug-likeness (QED) is 0.774. The molecule has 19 heavy (non-hydrogen) atoms. The first kappa shape index (κ1) is 13.8. The van der Waals surface area contributed by atoms with Crippen LogP contribution < -0.4 is 11.1 Å². The van der Waals surface area contributed by atoms with Gasteiger partial charge >= 0.3 is 0 Å². The van der Waals surface area contributed by atoms with Crippen LogP contribution in [-0.4, -0.2) is 26.2 Å². The maximum Gasteiger partial charge on any atom is 0.254 e. The Hall–Kier alpha value is -1.62. The normalized spacial score (nSPS) is 16.1. The van der Waals surface area contributed by atoms with Gasteiger partial charge in [-0.1, -0.05) is 0 Å². The van der Waals surface area contributed by atoms with Gasteiger partial charge in [-0.15, -0.1) is 0 Å². The number of amides is 1. The number of hydrogen-bond acceptors (Lipinski definition) is 3. The van der Waals surface area contributed by atoms with E-state index in [0.717, 1.165) is 19.3 Å². The Balaban J connectivity index is 1.93. The largest absolute Gasteiger partial charge is 0.399 e. The Bertz CT molecular complexity index is 473. The van der Waals surface area contributed by atoms with Crippen LogP contribution in [0.2, 0.25) is 0 Å². The summed E-state index contributed by atoms with van der Waals surface area (Å²) in [5, 5.41) is 2.79. The predicted molar refractivity (Wildman–Crippen MR) is 71.3 cm³/mol. The summed E-state index contributed by atoms with van der Waals surface area (Å²) < 4.78 is 18.6. The number of nitrogen functional groups attached to an aromatic ring is 1. The molecule has 2 rings (SSSR count). The first-order chi connectivity index (χ1) is 9.06. The first-order valence-corrected chi connectivity index (χ1v) is 6.38. The van der Waals surface area contributed by atoms with E-state index in [1.807, 2.05) is 0 Å². The number of nitrogens with two attached hydrogens (primary N) is 1. The number of hydrogen-bond donors (Lipinski definition) is 2. The molecule has 1 fully saturated rings. The lowest BCUT2D eigenvalue weighted by molar-refractivity contribution is 0.0934. The van der Waals surface area contributed by atoms with Crippen LogP contribution >= 0.6 is 0 Å². The smallest absolute Gasteiger partial charge is 0.254 e. The van der Waals surface area contributed by atoms with Crippen molar-refractivity contribution in [3.05, 3.63) is 29.6 Å². The van der Waals surface area contributed by atoms with Gasteiger partial charge in [0.2, 0.25) is 0 Å². The van der Waals surface area contributed by atoms with Gasteiger partial charge in [0.05, 0.1) is 5.56 Å². The number of carbonyl (C=O) groups excluding carboxylic acids is 1. The molecule has 0 atom stereocenters. The average molecular weight is 266 g/mol. The highest BCUT2D eigenvalue weighted by Crippen LogP contribution is 2.48. The summed E-state index contributed by atoms with van der Waals surface area (Å²) in [6, 6.07) is 4.01. The maximum atomic E-state index is 13.5. The van der Waals surface area contributed by atoms with Gasteiger partial charge in [0.15, 0.2) is 0 Å². The van der Waals surface area contributed by atoms with Crippen LogP contribution in [0, 0.1) is 11.2 Å². The summed E-state index contributed by atoms with van der Waals surface area (Å²) in [4.78, 5) is 11.9. The summed E-state index contributed by atoms with van der Waals surface area (Å²) in [6.45, 7) is 1.24. The first-order valence-electron chi connectivity index (χ1n) is 6.38. The molecule has 1 amide bonds. The number of nitrogens with one attached hydrogen (secondary N) is 1. The molecule has 0 aromatic heterocycles.